The van der Waals surface area contributed by atoms with E-state index in [1.807, 2.05) is 0 Å². The molecule has 0 spiro atoms. The van der Waals surface area contributed by atoms with Crippen LogP contribution in [-0.4, -0.2) is 21.7 Å². The highest BCUT2D eigenvalue weighted by Gasteiger charge is 2.17. The zero-order valence-electron chi connectivity index (χ0n) is 11.3. The molecule has 0 aliphatic heterocycles. The Morgan fingerprint density at radius 3 is 2.82 bits per heavy atom. The van der Waals surface area contributed by atoms with Crippen LogP contribution in [0.25, 0.3) is 22.2 Å². The number of nitrogens with two attached hydrogens (primary N) is 1. The zero-order valence-corrected chi connectivity index (χ0v) is 12.1. The van der Waals surface area contributed by atoms with E-state index in [1.165, 1.54) is 23.5 Å². The summed E-state index contributed by atoms with van der Waals surface area (Å²) in [6.45, 7) is -1.11. The quantitative estimate of drug-likeness (QED) is 0.792. The number of hydrogen-bond acceptors (Lipinski definition) is 7. The standard InChI is InChI=1S/C13H10F2N4O2S/c1-6-9(22-13(16)17-6)11-18-10(19-21-11)7-3-2-4-8(5-7)20-12(14)15/h2-5,12H,1H3,(H2,16,17). The fourth-order valence-electron chi connectivity index (χ4n) is 1.86. The Kier molecular flexibility index (Phi) is 3.72. The monoisotopic (exact) mass is 324 g/mol. The Morgan fingerprint density at radius 2 is 2.14 bits per heavy atom. The Hall–Kier alpha value is -2.55. The second-order valence-electron chi connectivity index (χ2n) is 4.30. The summed E-state index contributed by atoms with van der Waals surface area (Å²) in [7, 11) is 0. The summed E-state index contributed by atoms with van der Waals surface area (Å²) in [5, 5.41) is 4.24. The van der Waals surface area contributed by atoms with Gasteiger partial charge in [0.15, 0.2) is 5.13 Å². The molecule has 9 heteroatoms. The van der Waals surface area contributed by atoms with Crippen LogP contribution in [0.2, 0.25) is 0 Å². The first-order valence-corrected chi connectivity index (χ1v) is 6.97. The smallest absolute Gasteiger partial charge is 0.387 e. The largest absolute Gasteiger partial charge is 0.435 e. The van der Waals surface area contributed by atoms with Crippen molar-refractivity contribution in [2.45, 2.75) is 13.5 Å². The molecular weight excluding hydrogens is 314 g/mol. The van der Waals surface area contributed by atoms with Crippen molar-refractivity contribution in [1.82, 2.24) is 15.1 Å². The minimum Gasteiger partial charge on any atom is -0.435 e. The molecular formula is C13H10F2N4O2S. The van der Waals surface area contributed by atoms with Crippen molar-refractivity contribution in [3.8, 4) is 27.9 Å². The molecule has 0 bridgehead atoms. The summed E-state index contributed by atoms with van der Waals surface area (Å²) < 4.78 is 34.0. The number of aromatic nitrogens is 3. The van der Waals surface area contributed by atoms with E-state index in [0.29, 0.717) is 21.3 Å². The number of thiazole rings is 1. The minimum atomic E-state index is -2.89. The number of anilines is 1. The predicted octanol–water partition coefficient (Wildman–Crippen LogP) is 3.35. The number of nitrogens with zero attached hydrogens (tertiary/aromatic N) is 3. The molecule has 3 aromatic rings. The van der Waals surface area contributed by atoms with Gasteiger partial charge in [-0.2, -0.15) is 13.8 Å². The molecule has 114 valence electrons. The van der Waals surface area contributed by atoms with Gasteiger partial charge < -0.3 is 15.0 Å². The summed E-state index contributed by atoms with van der Waals surface area (Å²) in [4.78, 5) is 9.00. The van der Waals surface area contributed by atoms with Crippen molar-refractivity contribution in [2.75, 3.05) is 5.73 Å². The first-order chi connectivity index (χ1) is 10.5. The maximum Gasteiger partial charge on any atom is 0.387 e. The normalized spacial score (nSPS) is 11.1. The maximum absolute atomic E-state index is 12.2. The molecule has 0 saturated carbocycles. The summed E-state index contributed by atoms with van der Waals surface area (Å²) in [6, 6.07) is 6.07. The number of ether oxygens (including phenoxy) is 1. The average Bonchev–Trinajstić information content (AvgIpc) is 3.05. The van der Waals surface area contributed by atoms with Crippen molar-refractivity contribution in [3.05, 3.63) is 30.0 Å². The van der Waals surface area contributed by atoms with Crippen LogP contribution in [0.1, 0.15) is 5.69 Å². The van der Waals surface area contributed by atoms with Crippen LogP contribution in [-0.2, 0) is 0 Å². The molecule has 6 nitrogen and oxygen atoms in total. The molecule has 3 rings (SSSR count). The van der Waals surface area contributed by atoms with Crippen molar-refractivity contribution in [1.29, 1.82) is 0 Å². The van der Waals surface area contributed by atoms with Crippen LogP contribution >= 0.6 is 11.3 Å². The van der Waals surface area contributed by atoms with Crippen LogP contribution in [0.5, 0.6) is 5.75 Å². The minimum absolute atomic E-state index is 0.0251. The molecule has 0 unspecified atom stereocenters. The summed E-state index contributed by atoms with van der Waals surface area (Å²) >= 11 is 1.23. The molecule has 0 aliphatic rings. The van der Waals surface area contributed by atoms with Gasteiger partial charge in [-0.25, -0.2) is 4.98 Å². The number of alkyl halides is 2. The van der Waals surface area contributed by atoms with E-state index in [2.05, 4.69) is 19.9 Å². The van der Waals surface area contributed by atoms with Gasteiger partial charge >= 0.3 is 6.61 Å². The van der Waals surface area contributed by atoms with Gasteiger partial charge in [0, 0.05) is 5.56 Å². The van der Waals surface area contributed by atoms with Gasteiger partial charge in [-0.1, -0.05) is 28.6 Å². The van der Waals surface area contributed by atoms with E-state index in [-0.39, 0.29) is 17.5 Å². The van der Waals surface area contributed by atoms with E-state index in [0.717, 1.165) is 0 Å². The number of halogens is 2. The molecule has 0 atom stereocenters. The highest BCUT2D eigenvalue weighted by molar-refractivity contribution is 7.18. The third-order valence-electron chi connectivity index (χ3n) is 2.75. The second-order valence-corrected chi connectivity index (χ2v) is 5.33. The van der Waals surface area contributed by atoms with E-state index < -0.39 is 6.61 Å². The van der Waals surface area contributed by atoms with Crippen LogP contribution < -0.4 is 10.5 Å². The number of nitrogen functional groups attached to an aromatic ring is 1. The number of hydrogen-bond donors (Lipinski definition) is 1. The molecule has 2 heterocycles. The third-order valence-corrected chi connectivity index (χ3v) is 3.73. The molecule has 0 fully saturated rings. The second kappa shape index (κ2) is 5.68. The molecule has 0 radical (unpaired) electrons. The fraction of sp³-hybridized carbons (Fsp3) is 0.154. The van der Waals surface area contributed by atoms with E-state index in [1.54, 1.807) is 19.1 Å². The van der Waals surface area contributed by atoms with Crippen molar-refractivity contribution in [2.24, 2.45) is 0 Å². The van der Waals surface area contributed by atoms with E-state index in [4.69, 9.17) is 10.3 Å². The molecule has 0 aliphatic carbocycles. The molecule has 1 aromatic carbocycles. The summed E-state index contributed by atoms with van der Waals surface area (Å²) in [5.74, 6) is 0.569. The van der Waals surface area contributed by atoms with Crippen LogP contribution in [0.4, 0.5) is 13.9 Å². The van der Waals surface area contributed by atoms with Gasteiger partial charge in [0.05, 0.1) is 5.69 Å². The van der Waals surface area contributed by atoms with Crippen LogP contribution in [0.3, 0.4) is 0 Å². The lowest BCUT2D eigenvalue weighted by atomic mass is 10.2. The van der Waals surface area contributed by atoms with Crippen molar-refractivity contribution >= 4 is 16.5 Å². The molecule has 2 aromatic heterocycles. The van der Waals surface area contributed by atoms with Gasteiger partial charge in [-0.15, -0.1) is 0 Å². The third kappa shape index (κ3) is 2.89. The van der Waals surface area contributed by atoms with E-state index >= 15 is 0 Å². The zero-order chi connectivity index (χ0) is 15.7. The topological polar surface area (TPSA) is 87.1 Å². The van der Waals surface area contributed by atoms with Crippen molar-refractivity contribution < 1.29 is 18.0 Å². The SMILES string of the molecule is Cc1nc(N)sc1-c1nc(-c2cccc(OC(F)F)c2)no1. The highest BCUT2D eigenvalue weighted by atomic mass is 32.1. The first-order valence-electron chi connectivity index (χ1n) is 6.15. The van der Waals surface area contributed by atoms with Crippen LogP contribution in [0.15, 0.2) is 28.8 Å². The Morgan fingerprint density at radius 1 is 1.32 bits per heavy atom. The molecule has 0 amide bonds. The lowest BCUT2D eigenvalue weighted by Crippen LogP contribution is -2.01. The van der Waals surface area contributed by atoms with Gasteiger partial charge in [0.2, 0.25) is 5.82 Å². The molecule has 22 heavy (non-hydrogen) atoms. The molecule has 2 N–H and O–H groups in total. The maximum atomic E-state index is 12.2. The summed E-state index contributed by atoms with van der Waals surface area (Å²) in [6.07, 6.45) is 0. The number of benzene rings is 1. The van der Waals surface area contributed by atoms with Gasteiger partial charge in [0.25, 0.3) is 5.89 Å². The lowest BCUT2D eigenvalue weighted by molar-refractivity contribution is -0.0498. The predicted molar refractivity (Wildman–Crippen MR) is 76.6 cm³/mol. The van der Waals surface area contributed by atoms with Gasteiger partial charge in [-0.3, -0.25) is 0 Å². The average molecular weight is 324 g/mol. The van der Waals surface area contributed by atoms with E-state index in [9.17, 15) is 8.78 Å². The van der Waals surface area contributed by atoms with Crippen molar-refractivity contribution in [3.63, 3.8) is 0 Å². The van der Waals surface area contributed by atoms with Crippen LogP contribution in [0, 0.1) is 6.92 Å². The Labute approximate surface area is 127 Å². The van der Waals surface area contributed by atoms with Gasteiger partial charge in [-0.05, 0) is 19.1 Å². The Balaban J connectivity index is 1.92. The fourth-order valence-corrected chi connectivity index (χ4v) is 2.62. The highest BCUT2D eigenvalue weighted by Crippen LogP contribution is 2.31. The number of aryl methyl sites for hydroxylation is 1. The first kappa shape index (κ1) is 14.4. The number of rotatable bonds is 4. The van der Waals surface area contributed by atoms with Gasteiger partial charge in [0.1, 0.15) is 10.6 Å². The Bertz CT molecular complexity index is 803. The summed E-state index contributed by atoms with van der Waals surface area (Å²) in [5.41, 5.74) is 6.82. The molecule has 0 saturated heterocycles. The lowest BCUT2D eigenvalue weighted by Gasteiger charge is -2.04.